The Morgan fingerprint density at radius 3 is 2.35 bits per heavy atom. The standard InChI is InChI=1S/C16H19FN8O4S2/c1-23-10-15(18-11-23)31(28,29)25-6-2-5-24(7-8-25)30(26,27)12-3-4-14(17)13(9-12)16-19-21-22-20-16/h3-4,9-11H,2,5-8H2,1H3,(H,19,20,21,22). The van der Waals surface area contributed by atoms with Gasteiger partial charge in [-0.3, -0.25) is 0 Å². The molecule has 0 radical (unpaired) electrons. The first kappa shape index (κ1) is 21.5. The molecule has 4 rings (SSSR count). The number of hydrogen-bond acceptors (Lipinski definition) is 8. The van der Waals surface area contributed by atoms with E-state index >= 15 is 0 Å². The molecule has 12 nitrogen and oxygen atoms in total. The highest BCUT2D eigenvalue weighted by Gasteiger charge is 2.33. The van der Waals surface area contributed by atoms with Crippen molar-refractivity contribution in [2.24, 2.45) is 7.05 Å². The second-order valence-corrected chi connectivity index (χ2v) is 10.7. The van der Waals surface area contributed by atoms with Gasteiger partial charge in [-0.15, -0.1) is 10.2 Å². The van der Waals surface area contributed by atoms with Crippen LogP contribution in [0.5, 0.6) is 0 Å². The first-order valence-corrected chi connectivity index (χ1v) is 12.1. The van der Waals surface area contributed by atoms with Gasteiger partial charge < -0.3 is 4.57 Å². The van der Waals surface area contributed by atoms with Crippen LogP contribution in [0.3, 0.4) is 0 Å². The number of benzene rings is 1. The summed E-state index contributed by atoms with van der Waals surface area (Å²) in [4.78, 5) is 3.75. The zero-order valence-electron chi connectivity index (χ0n) is 16.4. The normalized spacial score (nSPS) is 17.0. The predicted molar refractivity (Wildman–Crippen MR) is 105 cm³/mol. The summed E-state index contributed by atoms with van der Waals surface area (Å²) in [5.74, 6) is -0.762. The fourth-order valence-corrected chi connectivity index (χ4v) is 6.20. The summed E-state index contributed by atoms with van der Waals surface area (Å²) in [5, 5.41) is 12.8. The Labute approximate surface area is 177 Å². The highest BCUT2D eigenvalue weighted by atomic mass is 32.2. The van der Waals surface area contributed by atoms with Gasteiger partial charge in [0.05, 0.1) is 16.8 Å². The second kappa shape index (κ2) is 8.07. The zero-order valence-corrected chi connectivity index (χ0v) is 18.0. The van der Waals surface area contributed by atoms with E-state index in [0.717, 1.165) is 18.2 Å². The summed E-state index contributed by atoms with van der Waals surface area (Å²) in [5.41, 5.74) is -0.107. The van der Waals surface area contributed by atoms with Gasteiger partial charge in [0.2, 0.25) is 15.8 Å². The lowest BCUT2D eigenvalue weighted by Gasteiger charge is -2.21. The maximum Gasteiger partial charge on any atom is 0.262 e. The minimum Gasteiger partial charge on any atom is -0.339 e. The molecule has 3 aromatic rings. The minimum absolute atomic E-state index is 0.0307. The van der Waals surface area contributed by atoms with Crippen molar-refractivity contribution in [3.63, 3.8) is 0 Å². The number of aromatic amines is 1. The van der Waals surface area contributed by atoms with Crippen LogP contribution in [-0.2, 0) is 27.1 Å². The van der Waals surface area contributed by atoms with Crippen molar-refractivity contribution in [2.45, 2.75) is 16.3 Å². The molecule has 0 amide bonds. The van der Waals surface area contributed by atoms with Crippen molar-refractivity contribution >= 4 is 20.0 Å². The van der Waals surface area contributed by atoms with Gasteiger partial charge in [-0.1, -0.05) is 0 Å². The van der Waals surface area contributed by atoms with Gasteiger partial charge in [0.15, 0.2) is 5.03 Å². The van der Waals surface area contributed by atoms with Crippen molar-refractivity contribution in [1.82, 2.24) is 38.8 Å². The monoisotopic (exact) mass is 470 g/mol. The molecule has 1 N–H and O–H groups in total. The third kappa shape index (κ3) is 4.08. The quantitative estimate of drug-likeness (QED) is 0.540. The van der Waals surface area contributed by atoms with Crippen molar-refractivity contribution in [2.75, 3.05) is 26.2 Å². The van der Waals surface area contributed by atoms with Crippen molar-refractivity contribution in [3.8, 4) is 11.4 Å². The maximum atomic E-state index is 14.2. The summed E-state index contributed by atoms with van der Waals surface area (Å²) in [6, 6.07) is 3.32. The maximum absolute atomic E-state index is 14.2. The predicted octanol–water partition coefficient (Wildman–Crippen LogP) is -0.175. The second-order valence-electron chi connectivity index (χ2n) is 6.92. The fraction of sp³-hybridized carbons (Fsp3) is 0.375. The van der Waals surface area contributed by atoms with E-state index in [-0.39, 0.29) is 47.5 Å². The lowest BCUT2D eigenvalue weighted by molar-refractivity contribution is 0.403. The van der Waals surface area contributed by atoms with E-state index in [1.165, 1.54) is 25.7 Å². The molecule has 0 aliphatic carbocycles. The van der Waals surface area contributed by atoms with Crippen LogP contribution < -0.4 is 0 Å². The van der Waals surface area contributed by atoms with E-state index in [1.54, 1.807) is 7.05 Å². The smallest absolute Gasteiger partial charge is 0.262 e. The number of halogens is 1. The molecule has 3 heterocycles. The molecular weight excluding hydrogens is 451 g/mol. The largest absolute Gasteiger partial charge is 0.339 e. The number of sulfonamides is 2. The molecule has 2 aromatic heterocycles. The molecule has 166 valence electrons. The van der Waals surface area contributed by atoms with E-state index < -0.39 is 25.9 Å². The SMILES string of the molecule is Cn1cnc(S(=O)(=O)N2CCCN(S(=O)(=O)c3ccc(F)c(-c4nn[nH]n4)c3)CC2)c1. The molecule has 1 fully saturated rings. The summed E-state index contributed by atoms with van der Waals surface area (Å²) < 4.78 is 70.0. The van der Waals surface area contributed by atoms with Crippen LogP contribution in [0, 0.1) is 5.82 Å². The molecule has 0 saturated carbocycles. The van der Waals surface area contributed by atoms with Gasteiger partial charge in [0.25, 0.3) is 10.0 Å². The third-order valence-electron chi connectivity index (χ3n) is 4.86. The van der Waals surface area contributed by atoms with Gasteiger partial charge in [-0.2, -0.15) is 13.8 Å². The Hall–Kier alpha value is -2.75. The Morgan fingerprint density at radius 2 is 1.74 bits per heavy atom. The fourth-order valence-electron chi connectivity index (χ4n) is 3.27. The number of nitrogens with zero attached hydrogens (tertiary/aromatic N) is 7. The van der Waals surface area contributed by atoms with Gasteiger partial charge >= 0.3 is 0 Å². The minimum atomic E-state index is -4.01. The van der Waals surface area contributed by atoms with E-state index in [1.807, 2.05) is 0 Å². The number of aryl methyl sites for hydroxylation is 1. The number of tetrazole rings is 1. The summed E-state index contributed by atoms with van der Waals surface area (Å²) in [6.45, 7) is 0.189. The van der Waals surface area contributed by atoms with Crippen LogP contribution in [0.1, 0.15) is 6.42 Å². The first-order valence-electron chi connectivity index (χ1n) is 9.21. The van der Waals surface area contributed by atoms with E-state index in [4.69, 9.17) is 0 Å². The third-order valence-corrected chi connectivity index (χ3v) is 8.54. The Kier molecular flexibility index (Phi) is 5.59. The molecule has 0 atom stereocenters. The van der Waals surface area contributed by atoms with Gasteiger partial charge in [0.1, 0.15) is 5.82 Å². The van der Waals surface area contributed by atoms with Crippen molar-refractivity contribution < 1.29 is 21.2 Å². The number of H-pyrrole nitrogens is 1. The van der Waals surface area contributed by atoms with Crippen LogP contribution in [-0.4, -0.2) is 81.8 Å². The molecule has 15 heteroatoms. The van der Waals surface area contributed by atoms with Gasteiger partial charge in [-0.25, -0.2) is 26.2 Å². The molecule has 0 spiro atoms. The molecule has 1 aromatic carbocycles. The van der Waals surface area contributed by atoms with E-state index in [9.17, 15) is 21.2 Å². The molecule has 1 aliphatic rings. The summed E-state index contributed by atoms with van der Waals surface area (Å²) >= 11 is 0. The van der Waals surface area contributed by atoms with Crippen LogP contribution in [0.25, 0.3) is 11.4 Å². The van der Waals surface area contributed by atoms with Gasteiger partial charge in [-0.05, 0) is 29.8 Å². The summed E-state index contributed by atoms with van der Waals surface area (Å²) in [6.07, 6.45) is 3.08. The zero-order chi connectivity index (χ0) is 22.2. The average molecular weight is 471 g/mol. The highest BCUT2D eigenvalue weighted by Crippen LogP contribution is 2.26. The van der Waals surface area contributed by atoms with Crippen LogP contribution in [0.2, 0.25) is 0 Å². The van der Waals surface area contributed by atoms with E-state index in [0.29, 0.717) is 6.42 Å². The molecule has 1 aliphatic heterocycles. The lowest BCUT2D eigenvalue weighted by atomic mass is 10.2. The molecule has 1 saturated heterocycles. The van der Waals surface area contributed by atoms with Crippen molar-refractivity contribution in [3.05, 3.63) is 36.5 Å². The molecule has 31 heavy (non-hydrogen) atoms. The van der Waals surface area contributed by atoms with Crippen molar-refractivity contribution in [1.29, 1.82) is 0 Å². The van der Waals surface area contributed by atoms with Crippen LogP contribution in [0.15, 0.2) is 40.6 Å². The number of hydrogen-bond donors (Lipinski definition) is 1. The first-order chi connectivity index (χ1) is 14.7. The topological polar surface area (TPSA) is 147 Å². The average Bonchev–Trinajstić information content (AvgIpc) is 3.34. The summed E-state index contributed by atoms with van der Waals surface area (Å²) in [7, 11) is -6.18. The van der Waals surface area contributed by atoms with Crippen LogP contribution in [0.4, 0.5) is 4.39 Å². The molecular formula is C16H19FN8O4S2. The highest BCUT2D eigenvalue weighted by molar-refractivity contribution is 7.89. The number of nitrogens with one attached hydrogen (secondary N) is 1. The Balaban J connectivity index is 1.57. The van der Waals surface area contributed by atoms with Crippen LogP contribution >= 0.6 is 0 Å². The van der Waals surface area contributed by atoms with Gasteiger partial charge in [0, 0.05) is 39.4 Å². The Bertz CT molecular complexity index is 1290. The lowest BCUT2D eigenvalue weighted by Crippen LogP contribution is -2.37. The number of aromatic nitrogens is 6. The molecule has 0 unspecified atom stereocenters. The number of rotatable bonds is 5. The van der Waals surface area contributed by atoms with E-state index in [2.05, 4.69) is 25.6 Å². The molecule has 0 bridgehead atoms. The number of imidazole rings is 1. The Morgan fingerprint density at radius 1 is 1.03 bits per heavy atom.